The normalized spacial score (nSPS) is 19.9. The molecule has 2 heterocycles. The van der Waals surface area contributed by atoms with Gasteiger partial charge >= 0.3 is 0 Å². The zero-order chi connectivity index (χ0) is 15.4. The second kappa shape index (κ2) is 8.57. The molecule has 2 amide bonds. The largest absolute Gasteiger partial charge is 0.354 e. The van der Waals surface area contributed by atoms with Gasteiger partial charge in [0.1, 0.15) is 0 Å². The van der Waals surface area contributed by atoms with E-state index in [0.29, 0.717) is 25.9 Å². The van der Waals surface area contributed by atoms with Crippen molar-refractivity contribution in [3.05, 3.63) is 29.8 Å². The van der Waals surface area contributed by atoms with E-state index in [1.807, 2.05) is 36.0 Å². The SMILES string of the molecule is Cl.O=C(CC1CSCCN1)NCCN1C(=O)Cc2ccccc21. The number of nitrogens with zero attached hydrogens (tertiary/aromatic N) is 1. The van der Waals surface area contributed by atoms with E-state index < -0.39 is 0 Å². The van der Waals surface area contributed by atoms with Crippen LogP contribution in [0, 0.1) is 0 Å². The van der Waals surface area contributed by atoms with E-state index in [0.717, 1.165) is 29.3 Å². The van der Waals surface area contributed by atoms with E-state index in [2.05, 4.69) is 10.6 Å². The Bertz CT molecular complexity index is 564. The fourth-order valence-corrected chi connectivity index (χ4v) is 3.86. The molecule has 5 nitrogen and oxygen atoms in total. The molecule has 0 radical (unpaired) electrons. The molecule has 1 unspecified atom stereocenters. The van der Waals surface area contributed by atoms with Crippen molar-refractivity contribution in [1.82, 2.24) is 10.6 Å². The smallest absolute Gasteiger partial charge is 0.231 e. The highest BCUT2D eigenvalue weighted by Crippen LogP contribution is 2.27. The van der Waals surface area contributed by atoms with Crippen LogP contribution < -0.4 is 15.5 Å². The molecule has 3 rings (SSSR count). The lowest BCUT2D eigenvalue weighted by Gasteiger charge is -2.23. The maximum atomic E-state index is 12.0. The Kier molecular flexibility index (Phi) is 6.74. The van der Waals surface area contributed by atoms with Crippen molar-refractivity contribution in [2.45, 2.75) is 18.9 Å². The van der Waals surface area contributed by atoms with Gasteiger partial charge in [-0.2, -0.15) is 11.8 Å². The average Bonchev–Trinajstić information content (AvgIpc) is 2.84. The van der Waals surface area contributed by atoms with Gasteiger partial charge in [-0.1, -0.05) is 18.2 Å². The average molecular weight is 356 g/mol. The van der Waals surface area contributed by atoms with E-state index in [4.69, 9.17) is 0 Å². The number of amides is 2. The molecule has 1 saturated heterocycles. The van der Waals surface area contributed by atoms with Crippen molar-refractivity contribution in [1.29, 1.82) is 0 Å². The predicted molar refractivity (Wildman–Crippen MR) is 96.5 cm³/mol. The molecule has 0 aliphatic carbocycles. The number of rotatable bonds is 5. The fraction of sp³-hybridized carbons (Fsp3) is 0.500. The number of carbonyl (C=O) groups excluding carboxylic acids is 2. The number of anilines is 1. The van der Waals surface area contributed by atoms with Crippen LogP contribution in [0.1, 0.15) is 12.0 Å². The summed E-state index contributed by atoms with van der Waals surface area (Å²) in [5.41, 5.74) is 2.05. The Hall–Kier alpha value is -1.24. The Labute approximate surface area is 147 Å². The highest BCUT2D eigenvalue weighted by Gasteiger charge is 2.26. The molecule has 2 N–H and O–H groups in total. The third kappa shape index (κ3) is 4.62. The van der Waals surface area contributed by atoms with E-state index in [-0.39, 0.29) is 30.3 Å². The van der Waals surface area contributed by atoms with Crippen LogP contribution in [0.2, 0.25) is 0 Å². The number of halogens is 1. The van der Waals surface area contributed by atoms with Gasteiger partial charge in [-0.05, 0) is 11.6 Å². The van der Waals surface area contributed by atoms with E-state index in [1.165, 1.54) is 0 Å². The Morgan fingerprint density at radius 1 is 1.39 bits per heavy atom. The maximum Gasteiger partial charge on any atom is 0.231 e. The molecule has 1 atom stereocenters. The molecular weight excluding hydrogens is 334 g/mol. The van der Waals surface area contributed by atoms with Gasteiger partial charge in [0.2, 0.25) is 11.8 Å². The minimum atomic E-state index is 0. The van der Waals surface area contributed by atoms with Gasteiger partial charge in [0.25, 0.3) is 0 Å². The van der Waals surface area contributed by atoms with Crippen LogP contribution >= 0.6 is 24.2 Å². The van der Waals surface area contributed by atoms with Gasteiger partial charge in [0.05, 0.1) is 6.42 Å². The van der Waals surface area contributed by atoms with Gasteiger partial charge in [0.15, 0.2) is 0 Å². The van der Waals surface area contributed by atoms with Crippen molar-refractivity contribution in [3.63, 3.8) is 0 Å². The number of thioether (sulfide) groups is 1. The highest BCUT2D eigenvalue weighted by atomic mass is 35.5. The quantitative estimate of drug-likeness (QED) is 0.833. The van der Waals surface area contributed by atoms with Gasteiger partial charge in [-0.15, -0.1) is 12.4 Å². The summed E-state index contributed by atoms with van der Waals surface area (Å²) in [6.45, 7) is 2.01. The second-order valence-electron chi connectivity index (χ2n) is 5.63. The molecule has 126 valence electrons. The zero-order valence-corrected chi connectivity index (χ0v) is 14.5. The Morgan fingerprint density at radius 3 is 3.00 bits per heavy atom. The number of para-hydroxylation sites is 1. The maximum absolute atomic E-state index is 12.0. The molecule has 1 aromatic rings. The summed E-state index contributed by atoms with van der Waals surface area (Å²) in [5, 5.41) is 6.28. The summed E-state index contributed by atoms with van der Waals surface area (Å²) in [4.78, 5) is 25.7. The minimum absolute atomic E-state index is 0. The molecule has 0 bridgehead atoms. The number of benzene rings is 1. The molecular formula is C16H22ClN3O2S. The highest BCUT2D eigenvalue weighted by molar-refractivity contribution is 7.99. The third-order valence-corrected chi connectivity index (χ3v) is 5.14. The van der Waals surface area contributed by atoms with Crippen LogP contribution in [0.3, 0.4) is 0 Å². The number of fused-ring (bicyclic) bond motifs is 1. The Balaban J connectivity index is 0.00000192. The molecule has 7 heteroatoms. The van der Waals surface area contributed by atoms with E-state index in [9.17, 15) is 9.59 Å². The summed E-state index contributed by atoms with van der Waals surface area (Å²) in [7, 11) is 0. The number of nitrogens with one attached hydrogen (secondary N) is 2. The summed E-state index contributed by atoms with van der Waals surface area (Å²) in [5.74, 6) is 2.28. The minimum Gasteiger partial charge on any atom is -0.354 e. The van der Waals surface area contributed by atoms with Gasteiger partial charge in [-0.25, -0.2) is 0 Å². The lowest BCUT2D eigenvalue weighted by Crippen LogP contribution is -2.43. The molecule has 2 aliphatic heterocycles. The lowest BCUT2D eigenvalue weighted by atomic mass is 10.2. The number of hydrogen-bond donors (Lipinski definition) is 2. The lowest BCUT2D eigenvalue weighted by molar-refractivity contribution is -0.122. The summed E-state index contributed by atoms with van der Waals surface area (Å²) >= 11 is 1.89. The van der Waals surface area contributed by atoms with Crippen LogP contribution in [-0.4, -0.2) is 49.0 Å². The first-order valence-corrected chi connectivity index (χ1v) is 8.85. The summed E-state index contributed by atoms with van der Waals surface area (Å²) < 4.78 is 0. The summed E-state index contributed by atoms with van der Waals surface area (Å²) in [6, 6.07) is 8.11. The third-order valence-electron chi connectivity index (χ3n) is 4.01. The van der Waals surface area contributed by atoms with Crippen LogP contribution in [0.15, 0.2) is 24.3 Å². The van der Waals surface area contributed by atoms with Gasteiger partial charge in [-0.3, -0.25) is 9.59 Å². The van der Waals surface area contributed by atoms with Crippen LogP contribution in [0.5, 0.6) is 0 Å². The first kappa shape index (κ1) is 18.1. The van der Waals surface area contributed by atoms with E-state index >= 15 is 0 Å². The standard InChI is InChI=1S/C16H21N3O2S.ClH/c20-15(10-13-11-22-8-6-17-13)18-5-7-19-14-4-2-1-3-12(14)9-16(19)21;/h1-4,13,17H,5-11H2,(H,18,20);1H. The van der Waals surface area contributed by atoms with Crippen LogP contribution in [-0.2, 0) is 16.0 Å². The zero-order valence-electron chi connectivity index (χ0n) is 12.9. The molecule has 0 aromatic heterocycles. The van der Waals surface area contributed by atoms with Crippen LogP contribution in [0.25, 0.3) is 0 Å². The van der Waals surface area contributed by atoms with Crippen molar-refractivity contribution >= 4 is 41.7 Å². The Morgan fingerprint density at radius 2 is 2.22 bits per heavy atom. The molecule has 1 aromatic carbocycles. The van der Waals surface area contributed by atoms with Gasteiger partial charge < -0.3 is 15.5 Å². The second-order valence-corrected chi connectivity index (χ2v) is 6.78. The molecule has 0 spiro atoms. The topological polar surface area (TPSA) is 61.4 Å². The van der Waals surface area contributed by atoms with Crippen molar-refractivity contribution in [3.8, 4) is 0 Å². The first-order valence-electron chi connectivity index (χ1n) is 7.70. The van der Waals surface area contributed by atoms with Crippen LogP contribution in [0.4, 0.5) is 5.69 Å². The fourth-order valence-electron chi connectivity index (χ4n) is 2.92. The van der Waals surface area contributed by atoms with Gasteiger partial charge in [0, 0.05) is 49.3 Å². The van der Waals surface area contributed by atoms with Crippen molar-refractivity contribution < 1.29 is 9.59 Å². The molecule has 23 heavy (non-hydrogen) atoms. The first-order chi connectivity index (χ1) is 10.7. The molecule has 0 saturated carbocycles. The predicted octanol–water partition coefficient (Wildman–Crippen LogP) is 1.21. The monoisotopic (exact) mass is 355 g/mol. The van der Waals surface area contributed by atoms with E-state index in [1.54, 1.807) is 4.90 Å². The molecule has 2 aliphatic rings. The summed E-state index contributed by atoms with van der Waals surface area (Å²) in [6.07, 6.45) is 0.977. The van der Waals surface area contributed by atoms with Crippen molar-refractivity contribution in [2.24, 2.45) is 0 Å². The van der Waals surface area contributed by atoms with Crippen molar-refractivity contribution in [2.75, 3.05) is 36.0 Å². The number of hydrogen-bond acceptors (Lipinski definition) is 4. The molecule has 1 fully saturated rings. The number of carbonyl (C=O) groups is 2.